The van der Waals surface area contributed by atoms with Gasteiger partial charge in [0.2, 0.25) is 0 Å². The Balaban J connectivity index is 1.57. The van der Waals surface area contributed by atoms with Crippen LogP contribution in [-0.2, 0) is 5.41 Å². The predicted molar refractivity (Wildman–Crippen MR) is 163 cm³/mol. The van der Waals surface area contributed by atoms with Crippen LogP contribution < -0.4 is 0 Å². The maximum atomic E-state index is 7.21. The number of fused-ring (bicyclic) bond motifs is 11. The Morgan fingerprint density at radius 2 is 1.02 bits per heavy atom. The summed E-state index contributed by atoms with van der Waals surface area (Å²) in [6, 6.07) is 44.5. The standard InChI is InChI=1S/C37H21ClO2/c38-29-21-28-34(36-32(29)26-16-8-10-18-31(26)40-36)33-27(20-19-25-24-15-7-9-17-30(24)39-35(25)33)37(28,22-11-3-1-4-12-22)23-13-5-2-6-14-23/h1-21H. The smallest absolute Gasteiger partial charge is 0.145 e. The second-order valence-electron chi connectivity index (χ2n) is 10.5. The van der Waals surface area contributed by atoms with Crippen LogP contribution in [0.2, 0.25) is 5.02 Å². The third kappa shape index (κ3) is 2.64. The van der Waals surface area contributed by atoms with E-state index in [2.05, 4.69) is 97.1 Å². The molecule has 0 radical (unpaired) electrons. The van der Waals surface area contributed by atoms with E-state index in [1.54, 1.807) is 0 Å². The molecule has 0 aliphatic heterocycles. The zero-order valence-corrected chi connectivity index (χ0v) is 22.1. The van der Waals surface area contributed by atoms with Gasteiger partial charge in [-0.2, -0.15) is 0 Å². The van der Waals surface area contributed by atoms with Crippen molar-refractivity contribution < 1.29 is 8.83 Å². The molecule has 0 unspecified atom stereocenters. The lowest BCUT2D eigenvalue weighted by molar-refractivity contribution is 0.665. The van der Waals surface area contributed by atoms with E-state index < -0.39 is 5.41 Å². The number of rotatable bonds is 2. The Morgan fingerprint density at radius 1 is 0.475 bits per heavy atom. The number of hydrogen-bond acceptors (Lipinski definition) is 2. The van der Waals surface area contributed by atoms with Crippen molar-refractivity contribution in [3.63, 3.8) is 0 Å². The van der Waals surface area contributed by atoms with Crippen molar-refractivity contribution in [2.24, 2.45) is 0 Å². The summed E-state index contributed by atoms with van der Waals surface area (Å²) in [6.45, 7) is 0. The molecule has 2 nitrogen and oxygen atoms in total. The van der Waals surface area contributed by atoms with Crippen molar-refractivity contribution >= 4 is 55.5 Å². The van der Waals surface area contributed by atoms with Crippen LogP contribution in [0.5, 0.6) is 0 Å². The molecule has 1 aliphatic rings. The molecule has 0 saturated heterocycles. The van der Waals surface area contributed by atoms with Gasteiger partial charge in [-0.1, -0.05) is 121 Å². The van der Waals surface area contributed by atoms with Gasteiger partial charge >= 0.3 is 0 Å². The van der Waals surface area contributed by atoms with Crippen LogP contribution in [0.25, 0.3) is 55.0 Å². The quantitative estimate of drug-likeness (QED) is 0.221. The summed E-state index contributed by atoms with van der Waals surface area (Å²) in [6.07, 6.45) is 0. The molecule has 0 atom stereocenters. The van der Waals surface area contributed by atoms with E-state index in [-0.39, 0.29) is 0 Å². The van der Waals surface area contributed by atoms with Crippen LogP contribution in [0.4, 0.5) is 0 Å². The van der Waals surface area contributed by atoms with Gasteiger partial charge in [-0.15, -0.1) is 0 Å². The summed E-state index contributed by atoms with van der Waals surface area (Å²) in [4.78, 5) is 0. The second kappa shape index (κ2) is 7.88. The molecule has 0 bridgehead atoms. The molecular formula is C37H21ClO2. The first-order chi connectivity index (χ1) is 19.8. The van der Waals surface area contributed by atoms with Gasteiger partial charge in [0, 0.05) is 32.7 Å². The maximum absolute atomic E-state index is 7.21. The van der Waals surface area contributed by atoms with E-state index >= 15 is 0 Å². The first-order valence-electron chi connectivity index (χ1n) is 13.5. The van der Waals surface area contributed by atoms with Gasteiger partial charge in [0.05, 0.1) is 10.4 Å². The van der Waals surface area contributed by atoms with E-state index in [0.29, 0.717) is 5.02 Å². The van der Waals surface area contributed by atoms with Gasteiger partial charge < -0.3 is 8.83 Å². The molecule has 6 aromatic carbocycles. The van der Waals surface area contributed by atoms with Crippen LogP contribution in [0.1, 0.15) is 22.3 Å². The maximum Gasteiger partial charge on any atom is 0.145 e. The van der Waals surface area contributed by atoms with Gasteiger partial charge in [-0.05, 0) is 40.5 Å². The van der Waals surface area contributed by atoms with Crippen molar-refractivity contribution in [3.05, 3.63) is 155 Å². The Morgan fingerprint density at radius 3 is 1.73 bits per heavy atom. The van der Waals surface area contributed by atoms with E-state index in [0.717, 1.165) is 66.1 Å². The van der Waals surface area contributed by atoms with Crippen molar-refractivity contribution in [3.8, 4) is 11.1 Å². The summed E-state index contributed by atoms with van der Waals surface area (Å²) in [5.41, 5.74) is 9.47. The largest absolute Gasteiger partial charge is 0.455 e. The van der Waals surface area contributed by atoms with Crippen molar-refractivity contribution in [2.45, 2.75) is 5.41 Å². The average Bonchev–Trinajstić information content (AvgIpc) is 3.66. The Labute approximate surface area is 235 Å². The van der Waals surface area contributed by atoms with Crippen LogP contribution in [0, 0.1) is 0 Å². The van der Waals surface area contributed by atoms with E-state index in [1.165, 1.54) is 11.1 Å². The van der Waals surface area contributed by atoms with Gasteiger partial charge in [0.1, 0.15) is 22.3 Å². The lowest BCUT2D eigenvalue weighted by atomic mass is 9.67. The summed E-state index contributed by atoms with van der Waals surface area (Å²) < 4.78 is 13.4. The summed E-state index contributed by atoms with van der Waals surface area (Å²) in [7, 11) is 0. The molecule has 3 heteroatoms. The first-order valence-corrected chi connectivity index (χ1v) is 13.8. The second-order valence-corrected chi connectivity index (χ2v) is 10.9. The molecule has 0 fully saturated rings. The van der Waals surface area contributed by atoms with Gasteiger partial charge in [-0.25, -0.2) is 0 Å². The zero-order valence-electron chi connectivity index (χ0n) is 21.3. The van der Waals surface area contributed by atoms with Gasteiger partial charge in [-0.3, -0.25) is 0 Å². The Bertz CT molecular complexity index is 2230. The Kier molecular flexibility index (Phi) is 4.35. The number of halogens is 1. The lowest BCUT2D eigenvalue weighted by Crippen LogP contribution is -2.28. The highest BCUT2D eigenvalue weighted by atomic mass is 35.5. The molecule has 0 amide bonds. The summed E-state index contributed by atoms with van der Waals surface area (Å²) in [5, 5.41) is 4.83. The van der Waals surface area contributed by atoms with Crippen LogP contribution in [-0.4, -0.2) is 0 Å². The average molecular weight is 533 g/mol. The van der Waals surface area contributed by atoms with Crippen molar-refractivity contribution in [1.29, 1.82) is 0 Å². The molecule has 9 rings (SSSR count). The van der Waals surface area contributed by atoms with Crippen LogP contribution >= 0.6 is 11.6 Å². The van der Waals surface area contributed by atoms with Crippen LogP contribution in [0.3, 0.4) is 0 Å². The Hall–Kier alpha value is -4.79. The van der Waals surface area contributed by atoms with E-state index in [1.807, 2.05) is 30.3 Å². The minimum absolute atomic E-state index is 0.614. The number of furan rings is 2. The monoisotopic (exact) mass is 532 g/mol. The highest BCUT2D eigenvalue weighted by Crippen LogP contribution is 2.61. The zero-order chi connectivity index (χ0) is 26.4. The number of para-hydroxylation sites is 2. The van der Waals surface area contributed by atoms with E-state index in [4.69, 9.17) is 20.4 Å². The molecule has 0 saturated carbocycles. The van der Waals surface area contributed by atoms with Gasteiger partial charge in [0.25, 0.3) is 0 Å². The lowest BCUT2D eigenvalue weighted by Gasteiger charge is -2.33. The van der Waals surface area contributed by atoms with E-state index in [9.17, 15) is 0 Å². The minimum Gasteiger partial charge on any atom is -0.455 e. The molecular weight excluding hydrogens is 512 g/mol. The highest BCUT2D eigenvalue weighted by molar-refractivity contribution is 6.39. The fourth-order valence-electron chi connectivity index (χ4n) is 7.06. The van der Waals surface area contributed by atoms with Crippen molar-refractivity contribution in [1.82, 2.24) is 0 Å². The number of hydrogen-bond donors (Lipinski definition) is 0. The SMILES string of the molecule is Clc1cc2c(c3oc4ccccc4c13)-c1c(ccc3c1oc1ccccc13)C2(c1ccccc1)c1ccccc1. The molecule has 0 spiro atoms. The van der Waals surface area contributed by atoms with Gasteiger partial charge in [0.15, 0.2) is 0 Å². The minimum atomic E-state index is -0.614. The molecule has 40 heavy (non-hydrogen) atoms. The fraction of sp³-hybridized carbons (Fsp3) is 0.0270. The third-order valence-corrected chi connectivity index (χ3v) is 8.92. The molecule has 188 valence electrons. The predicted octanol–water partition coefficient (Wildman–Crippen LogP) is 10.5. The molecule has 2 aromatic heterocycles. The molecule has 0 N–H and O–H groups in total. The third-order valence-electron chi connectivity index (χ3n) is 8.62. The van der Waals surface area contributed by atoms with Crippen molar-refractivity contribution in [2.75, 3.05) is 0 Å². The number of benzene rings is 6. The molecule has 8 aromatic rings. The summed E-state index contributed by atoms with van der Waals surface area (Å²) >= 11 is 7.21. The molecule has 1 aliphatic carbocycles. The first kappa shape index (κ1) is 22.1. The topological polar surface area (TPSA) is 26.3 Å². The normalized spacial score (nSPS) is 13.8. The van der Waals surface area contributed by atoms with Crippen LogP contribution in [0.15, 0.2) is 136 Å². The highest BCUT2D eigenvalue weighted by Gasteiger charge is 2.49. The molecule has 2 heterocycles. The summed E-state index contributed by atoms with van der Waals surface area (Å²) in [5.74, 6) is 0. The fourth-order valence-corrected chi connectivity index (χ4v) is 7.35.